The molecule has 3 aromatic rings. The molecule has 156 valence electrons. The number of hydrogen-bond donors (Lipinski definition) is 0. The van der Waals surface area contributed by atoms with Crippen LogP contribution in [0.15, 0.2) is 47.4 Å². The maximum absolute atomic E-state index is 12.4. The first-order chi connectivity index (χ1) is 14.7. The molecule has 3 heterocycles. The molecule has 1 fully saturated rings. The summed E-state index contributed by atoms with van der Waals surface area (Å²) in [5.74, 6) is 2.82. The van der Waals surface area contributed by atoms with Gasteiger partial charge in [-0.25, -0.2) is 4.98 Å². The number of ether oxygens (including phenoxy) is 2. The quantitative estimate of drug-likeness (QED) is 0.586. The highest BCUT2D eigenvalue weighted by atomic mass is 16.5. The summed E-state index contributed by atoms with van der Waals surface area (Å²) in [7, 11) is 1.61. The SMILES string of the molecule is COc1ccc(OCC(=O)N2CCC(Cc3nc(-c4cnccn4)no3)CC2)cc1. The Bertz CT molecular complexity index is 953. The van der Waals surface area contributed by atoms with Crippen LogP contribution in [-0.4, -0.2) is 57.7 Å². The summed E-state index contributed by atoms with van der Waals surface area (Å²) >= 11 is 0. The molecule has 4 rings (SSSR count). The Labute approximate surface area is 174 Å². The Kier molecular flexibility index (Phi) is 6.17. The van der Waals surface area contributed by atoms with Crippen molar-refractivity contribution < 1.29 is 18.8 Å². The third kappa shape index (κ3) is 4.91. The molecule has 9 nitrogen and oxygen atoms in total. The van der Waals surface area contributed by atoms with E-state index in [-0.39, 0.29) is 12.5 Å². The van der Waals surface area contributed by atoms with E-state index in [0.29, 0.717) is 48.6 Å². The molecule has 1 amide bonds. The number of benzene rings is 1. The van der Waals surface area contributed by atoms with E-state index in [1.165, 1.54) is 0 Å². The van der Waals surface area contributed by atoms with Crippen molar-refractivity contribution in [1.82, 2.24) is 25.0 Å². The molecule has 2 aromatic heterocycles. The lowest BCUT2D eigenvalue weighted by atomic mass is 9.93. The fraction of sp³-hybridized carbons (Fsp3) is 0.381. The Hall–Kier alpha value is -3.49. The van der Waals surface area contributed by atoms with Crippen LogP contribution in [0.3, 0.4) is 0 Å². The van der Waals surface area contributed by atoms with Crippen LogP contribution in [0.25, 0.3) is 11.5 Å². The number of hydrogen-bond acceptors (Lipinski definition) is 8. The fourth-order valence-electron chi connectivity index (χ4n) is 3.40. The third-order valence-corrected chi connectivity index (χ3v) is 5.11. The minimum absolute atomic E-state index is 0.00741. The lowest BCUT2D eigenvalue weighted by Crippen LogP contribution is -2.41. The van der Waals surface area contributed by atoms with Crippen molar-refractivity contribution >= 4 is 5.91 Å². The van der Waals surface area contributed by atoms with Gasteiger partial charge in [0.1, 0.15) is 17.2 Å². The lowest BCUT2D eigenvalue weighted by Gasteiger charge is -2.31. The summed E-state index contributed by atoms with van der Waals surface area (Å²) in [6.45, 7) is 1.42. The Morgan fingerprint density at radius 2 is 1.93 bits per heavy atom. The third-order valence-electron chi connectivity index (χ3n) is 5.11. The first-order valence-corrected chi connectivity index (χ1v) is 9.85. The monoisotopic (exact) mass is 409 g/mol. The van der Waals surface area contributed by atoms with Gasteiger partial charge in [-0.1, -0.05) is 5.16 Å². The van der Waals surface area contributed by atoms with Crippen LogP contribution in [0.5, 0.6) is 11.5 Å². The summed E-state index contributed by atoms with van der Waals surface area (Å²) in [5, 5.41) is 3.98. The number of carbonyl (C=O) groups excluding carboxylic acids is 1. The minimum atomic E-state index is -0.00741. The summed E-state index contributed by atoms with van der Waals surface area (Å²) in [6, 6.07) is 7.19. The standard InChI is InChI=1S/C21H23N5O4/c1-28-16-2-4-17(5-3-16)29-14-20(27)26-10-6-15(7-11-26)12-19-24-21(25-30-19)18-13-22-8-9-23-18/h2-5,8-9,13,15H,6-7,10-12,14H2,1H3. The molecule has 1 saturated heterocycles. The Balaban J connectivity index is 1.22. The van der Waals surface area contributed by atoms with Gasteiger partial charge in [0.2, 0.25) is 11.7 Å². The largest absolute Gasteiger partial charge is 0.497 e. The number of piperidine rings is 1. The molecule has 0 N–H and O–H groups in total. The summed E-state index contributed by atoms with van der Waals surface area (Å²) in [4.78, 5) is 26.9. The lowest BCUT2D eigenvalue weighted by molar-refractivity contribution is -0.134. The van der Waals surface area contributed by atoms with Crippen LogP contribution in [0.4, 0.5) is 0 Å². The number of amides is 1. The highest BCUT2D eigenvalue weighted by molar-refractivity contribution is 5.77. The van der Waals surface area contributed by atoms with Crippen molar-refractivity contribution in [2.75, 3.05) is 26.8 Å². The van der Waals surface area contributed by atoms with Crippen molar-refractivity contribution in [3.05, 3.63) is 48.7 Å². The first-order valence-electron chi connectivity index (χ1n) is 9.85. The molecule has 0 atom stereocenters. The molecule has 0 bridgehead atoms. The second-order valence-corrected chi connectivity index (χ2v) is 7.09. The molecule has 30 heavy (non-hydrogen) atoms. The average molecular weight is 409 g/mol. The van der Waals surface area contributed by atoms with E-state index in [9.17, 15) is 4.79 Å². The topological polar surface area (TPSA) is 103 Å². The fourth-order valence-corrected chi connectivity index (χ4v) is 3.40. The number of methoxy groups -OCH3 is 1. The van der Waals surface area contributed by atoms with Gasteiger partial charge < -0.3 is 18.9 Å². The van der Waals surface area contributed by atoms with Crippen LogP contribution in [-0.2, 0) is 11.2 Å². The molecule has 0 radical (unpaired) electrons. The van der Waals surface area contributed by atoms with E-state index in [1.54, 1.807) is 50.0 Å². The van der Waals surface area contributed by atoms with Gasteiger partial charge in [-0.2, -0.15) is 4.98 Å². The van der Waals surface area contributed by atoms with Gasteiger partial charge in [-0.05, 0) is 43.0 Å². The van der Waals surface area contributed by atoms with Gasteiger partial charge in [-0.3, -0.25) is 9.78 Å². The van der Waals surface area contributed by atoms with E-state index >= 15 is 0 Å². The maximum atomic E-state index is 12.4. The van der Waals surface area contributed by atoms with Crippen LogP contribution < -0.4 is 9.47 Å². The van der Waals surface area contributed by atoms with E-state index in [2.05, 4.69) is 20.1 Å². The molecular weight excluding hydrogens is 386 g/mol. The number of nitrogens with zero attached hydrogens (tertiary/aromatic N) is 5. The predicted octanol–water partition coefficient (Wildman–Crippen LogP) is 2.40. The summed E-state index contributed by atoms with van der Waals surface area (Å²) in [5.41, 5.74) is 0.588. The van der Waals surface area contributed by atoms with Gasteiger partial charge in [0.05, 0.1) is 13.3 Å². The van der Waals surface area contributed by atoms with Crippen molar-refractivity contribution in [3.63, 3.8) is 0 Å². The normalized spacial score (nSPS) is 14.5. The number of rotatable bonds is 7. The van der Waals surface area contributed by atoms with E-state index in [1.807, 2.05) is 4.90 Å². The van der Waals surface area contributed by atoms with Crippen molar-refractivity contribution in [3.8, 4) is 23.0 Å². The number of likely N-dealkylation sites (tertiary alicyclic amines) is 1. The first kappa shape index (κ1) is 19.8. The molecule has 0 aliphatic carbocycles. The number of aromatic nitrogens is 4. The van der Waals surface area contributed by atoms with Crippen LogP contribution in [0.1, 0.15) is 18.7 Å². The van der Waals surface area contributed by atoms with Gasteiger partial charge in [-0.15, -0.1) is 0 Å². The zero-order chi connectivity index (χ0) is 20.8. The van der Waals surface area contributed by atoms with E-state index < -0.39 is 0 Å². The zero-order valence-electron chi connectivity index (χ0n) is 16.7. The zero-order valence-corrected chi connectivity index (χ0v) is 16.7. The van der Waals surface area contributed by atoms with Crippen LogP contribution in [0, 0.1) is 5.92 Å². The van der Waals surface area contributed by atoms with E-state index in [0.717, 1.165) is 18.6 Å². The second kappa shape index (κ2) is 9.34. The minimum Gasteiger partial charge on any atom is -0.497 e. The van der Waals surface area contributed by atoms with Crippen LogP contribution in [0.2, 0.25) is 0 Å². The molecule has 1 aliphatic heterocycles. The smallest absolute Gasteiger partial charge is 0.260 e. The van der Waals surface area contributed by atoms with Crippen molar-refractivity contribution in [2.45, 2.75) is 19.3 Å². The van der Waals surface area contributed by atoms with Gasteiger partial charge in [0, 0.05) is 31.9 Å². The Morgan fingerprint density at radius 3 is 2.63 bits per heavy atom. The number of carbonyl (C=O) groups is 1. The van der Waals surface area contributed by atoms with Crippen molar-refractivity contribution in [2.24, 2.45) is 5.92 Å². The molecule has 0 unspecified atom stereocenters. The highest BCUT2D eigenvalue weighted by Crippen LogP contribution is 2.23. The molecule has 1 aliphatic rings. The van der Waals surface area contributed by atoms with Gasteiger partial charge in [0.25, 0.3) is 5.91 Å². The molecule has 0 saturated carbocycles. The summed E-state index contributed by atoms with van der Waals surface area (Å²) in [6.07, 6.45) is 7.26. The van der Waals surface area contributed by atoms with Crippen molar-refractivity contribution in [1.29, 1.82) is 0 Å². The second-order valence-electron chi connectivity index (χ2n) is 7.09. The van der Waals surface area contributed by atoms with Gasteiger partial charge >= 0.3 is 0 Å². The summed E-state index contributed by atoms with van der Waals surface area (Å²) < 4.78 is 16.1. The average Bonchev–Trinajstić information content (AvgIpc) is 3.27. The maximum Gasteiger partial charge on any atom is 0.260 e. The molecule has 0 spiro atoms. The molecule has 9 heteroatoms. The molecule has 1 aromatic carbocycles. The Morgan fingerprint density at radius 1 is 1.17 bits per heavy atom. The van der Waals surface area contributed by atoms with Gasteiger partial charge in [0.15, 0.2) is 6.61 Å². The van der Waals surface area contributed by atoms with E-state index in [4.69, 9.17) is 14.0 Å². The molecular formula is C21H23N5O4. The highest BCUT2D eigenvalue weighted by Gasteiger charge is 2.25. The van der Waals surface area contributed by atoms with Crippen LogP contribution >= 0.6 is 0 Å². The predicted molar refractivity (Wildman–Crippen MR) is 107 cm³/mol.